The number of nitrogens with zero attached hydrogens (tertiary/aromatic N) is 5. The maximum Gasteiger partial charge on any atom is 0.274 e. The van der Waals surface area contributed by atoms with Gasteiger partial charge >= 0.3 is 0 Å². The normalized spacial score (nSPS) is 15.1. The predicted octanol–water partition coefficient (Wildman–Crippen LogP) is 1.11. The van der Waals surface area contributed by atoms with E-state index in [1.54, 1.807) is 27.7 Å². The van der Waals surface area contributed by atoms with Crippen LogP contribution in [0.25, 0.3) is 17.0 Å². The molecule has 0 spiro atoms. The number of aliphatic imine (C=N–C) groups is 1. The number of nitrogens with two attached hydrogens (primary N) is 1. The van der Waals surface area contributed by atoms with E-state index in [1.807, 2.05) is 30.3 Å². The highest BCUT2D eigenvalue weighted by Gasteiger charge is 2.27. The first-order valence-corrected chi connectivity index (χ1v) is 10.1. The Bertz CT molecular complexity index is 1190. The molecule has 0 atom stereocenters. The highest BCUT2D eigenvalue weighted by Crippen LogP contribution is 2.18. The molecule has 3 heterocycles. The smallest absolute Gasteiger partial charge is 0.274 e. The summed E-state index contributed by atoms with van der Waals surface area (Å²) in [6, 6.07) is 13.0. The molecule has 1 aromatic carbocycles. The standard InChI is InChI=1S/C22H23N7O3/c1-24-19(17(14-23)22(31)28-9-11-32-12-10-28)21(30)25-16-7-8-29-18(13-16)26-20(27-29)15-5-3-2-4-6-15/h2-8,13-14H,9-12,23H2,1H3,(H,25,30). The molecule has 1 aliphatic heterocycles. The summed E-state index contributed by atoms with van der Waals surface area (Å²) < 4.78 is 6.90. The van der Waals surface area contributed by atoms with E-state index in [9.17, 15) is 9.59 Å². The number of carbonyl (C=O) groups is 2. The van der Waals surface area contributed by atoms with E-state index in [0.717, 1.165) is 11.8 Å². The van der Waals surface area contributed by atoms with Crippen LogP contribution in [0, 0.1) is 0 Å². The second-order valence-corrected chi connectivity index (χ2v) is 7.03. The van der Waals surface area contributed by atoms with Gasteiger partial charge in [0, 0.05) is 49.9 Å². The van der Waals surface area contributed by atoms with Crippen LogP contribution in [0.1, 0.15) is 0 Å². The number of pyridine rings is 1. The minimum absolute atomic E-state index is 0.0434. The number of anilines is 1. The average molecular weight is 433 g/mol. The first-order valence-electron chi connectivity index (χ1n) is 10.1. The zero-order valence-electron chi connectivity index (χ0n) is 17.6. The molecule has 3 aromatic rings. The van der Waals surface area contributed by atoms with Gasteiger partial charge in [-0.15, -0.1) is 5.10 Å². The number of benzene rings is 1. The third kappa shape index (κ3) is 4.35. The van der Waals surface area contributed by atoms with Crippen molar-refractivity contribution in [2.45, 2.75) is 0 Å². The third-order valence-corrected chi connectivity index (χ3v) is 5.02. The van der Waals surface area contributed by atoms with Crippen LogP contribution in [0.2, 0.25) is 0 Å². The van der Waals surface area contributed by atoms with Crippen LogP contribution in [0.4, 0.5) is 5.69 Å². The van der Waals surface area contributed by atoms with Gasteiger partial charge in [-0.2, -0.15) is 0 Å². The summed E-state index contributed by atoms with van der Waals surface area (Å²) in [4.78, 5) is 35.9. The number of ether oxygens (including phenoxy) is 1. The lowest BCUT2D eigenvalue weighted by molar-refractivity contribution is -0.130. The lowest BCUT2D eigenvalue weighted by Gasteiger charge is -2.27. The number of nitrogens with one attached hydrogen (secondary N) is 1. The Balaban J connectivity index is 1.53. The Labute approximate surface area is 184 Å². The molecule has 164 valence electrons. The van der Waals surface area contributed by atoms with Gasteiger partial charge in [0.05, 0.1) is 18.8 Å². The van der Waals surface area contributed by atoms with Crippen molar-refractivity contribution < 1.29 is 14.3 Å². The fraction of sp³-hybridized carbons (Fsp3) is 0.227. The van der Waals surface area contributed by atoms with Gasteiger partial charge in [-0.1, -0.05) is 30.3 Å². The minimum Gasteiger partial charge on any atom is -0.404 e. The lowest BCUT2D eigenvalue weighted by Crippen LogP contribution is -2.44. The maximum atomic E-state index is 12.9. The van der Waals surface area contributed by atoms with Crippen molar-refractivity contribution >= 4 is 28.9 Å². The maximum absolute atomic E-state index is 12.9. The van der Waals surface area contributed by atoms with Crippen LogP contribution in [0.15, 0.2) is 65.4 Å². The number of morpholine rings is 1. The summed E-state index contributed by atoms with van der Waals surface area (Å²) in [6.07, 6.45) is 2.82. The zero-order valence-corrected chi connectivity index (χ0v) is 17.6. The number of carbonyl (C=O) groups excluding carboxylic acids is 2. The van der Waals surface area contributed by atoms with Crippen molar-refractivity contribution in [3.05, 3.63) is 60.4 Å². The summed E-state index contributed by atoms with van der Waals surface area (Å²) >= 11 is 0. The SMILES string of the molecule is CN=C(C(=O)Nc1ccn2nc(-c3ccccc3)nc2c1)C(=CN)C(=O)N1CCOCC1. The fourth-order valence-electron chi connectivity index (χ4n) is 3.39. The first-order chi connectivity index (χ1) is 15.6. The van der Waals surface area contributed by atoms with Gasteiger partial charge in [0.25, 0.3) is 11.8 Å². The van der Waals surface area contributed by atoms with Crippen molar-refractivity contribution in [1.82, 2.24) is 19.5 Å². The van der Waals surface area contributed by atoms with E-state index in [2.05, 4.69) is 20.4 Å². The summed E-state index contributed by atoms with van der Waals surface area (Å²) in [5.74, 6) is -0.320. The zero-order chi connectivity index (χ0) is 22.5. The van der Waals surface area contributed by atoms with Gasteiger partial charge in [-0.05, 0) is 6.07 Å². The molecular weight excluding hydrogens is 410 g/mol. The highest BCUT2D eigenvalue weighted by molar-refractivity contribution is 6.53. The molecule has 0 unspecified atom stereocenters. The van der Waals surface area contributed by atoms with Crippen molar-refractivity contribution in [3.63, 3.8) is 0 Å². The van der Waals surface area contributed by atoms with E-state index < -0.39 is 5.91 Å². The number of hydrogen-bond donors (Lipinski definition) is 2. The van der Waals surface area contributed by atoms with Gasteiger partial charge in [-0.3, -0.25) is 14.6 Å². The molecule has 0 bridgehead atoms. The molecule has 1 fully saturated rings. The first kappa shape index (κ1) is 21.2. The van der Waals surface area contributed by atoms with Crippen LogP contribution in [-0.2, 0) is 14.3 Å². The molecule has 32 heavy (non-hydrogen) atoms. The molecule has 3 N–H and O–H groups in total. The van der Waals surface area contributed by atoms with Crippen LogP contribution in [0.5, 0.6) is 0 Å². The highest BCUT2D eigenvalue weighted by atomic mass is 16.5. The Morgan fingerprint density at radius 2 is 1.94 bits per heavy atom. The molecule has 0 aliphatic carbocycles. The molecule has 1 saturated heterocycles. The van der Waals surface area contributed by atoms with Gasteiger partial charge < -0.3 is 20.7 Å². The van der Waals surface area contributed by atoms with E-state index in [1.165, 1.54) is 7.05 Å². The van der Waals surface area contributed by atoms with Crippen molar-refractivity contribution in [2.24, 2.45) is 10.7 Å². The van der Waals surface area contributed by atoms with E-state index in [0.29, 0.717) is 43.5 Å². The van der Waals surface area contributed by atoms with Crippen LogP contribution in [0.3, 0.4) is 0 Å². The number of fused-ring (bicyclic) bond motifs is 1. The van der Waals surface area contributed by atoms with Gasteiger partial charge in [0.1, 0.15) is 5.71 Å². The molecule has 0 saturated carbocycles. The minimum atomic E-state index is -0.544. The van der Waals surface area contributed by atoms with Crippen LogP contribution in [-0.4, -0.2) is 70.4 Å². The van der Waals surface area contributed by atoms with Crippen molar-refractivity contribution in [3.8, 4) is 11.4 Å². The van der Waals surface area contributed by atoms with Gasteiger partial charge in [0.15, 0.2) is 11.5 Å². The summed E-state index contributed by atoms with van der Waals surface area (Å²) in [7, 11) is 1.44. The lowest BCUT2D eigenvalue weighted by atomic mass is 10.1. The van der Waals surface area contributed by atoms with Crippen molar-refractivity contribution in [1.29, 1.82) is 0 Å². The third-order valence-electron chi connectivity index (χ3n) is 5.02. The molecule has 10 nitrogen and oxygen atoms in total. The number of amides is 2. The predicted molar refractivity (Wildman–Crippen MR) is 120 cm³/mol. The van der Waals surface area contributed by atoms with Crippen LogP contribution >= 0.6 is 0 Å². The van der Waals surface area contributed by atoms with E-state index in [4.69, 9.17) is 10.5 Å². The molecule has 1 aliphatic rings. The number of rotatable bonds is 5. The van der Waals surface area contributed by atoms with Crippen LogP contribution < -0.4 is 11.1 Å². The Hall–Kier alpha value is -4.05. The molecule has 2 aromatic heterocycles. The topological polar surface area (TPSA) is 127 Å². The second kappa shape index (κ2) is 9.40. The van der Waals surface area contributed by atoms with E-state index >= 15 is 0 Å². The fourth-order valence-corrected chi connectivity index (χ4v) is 3.39. The second-order valence-electron chi connectivity index (χ2n) is 7.03. The monoisotopic (exact) mass is 433 g/mol. The summed E-state index contributed by atoms with van der Waals surface area (Å²) in [5.41, 5.74) is 7.64. The molecule has 2 amide bonds. The van der Waals surface area contributed by atoms with Gasteiger partial charge in [0.2, 0.25) is 0 Å². The quantitative estimate of drug-likeness (QED) is 0.458. The Kier molecular flexibility index (Phi) is 6.22. The number of hydrogen-bond acceptors (Lipinski definition) is 7. The molecule has 4 rings (SSSR count). The van der Waals surface area contributed by atoms with Gasteiger partial charge in [-0.25, -0.2) is 9.50 Å². The molecule has 10 heteroatoms. The largest absolute Gasteiger partial charge is 0.404 e. The summed E-state index contributed by atoms with van der Waals surface area (Å²) in [5, 5.41) is 7.22. The summed E-state index contributed by atoms with van der Waals surface area (Å²) in [6.45, 7) is 1.75. The molecular formula is C22H23N7O3. The van der Waals surface area contributed by atoms with Crippen molar-refractivity contribution in [2.75, 3.05) is 38.7 Å². The molecule has 0 radical (unpaired) electrons. The van der Waals surface area contributed by atoms with E-state index in [-0.39, 0.29) is 17.2 Å². The Morgan fingerprint density at radius 1 is 1.19 bits per heavy atom. The average Bonchev–Trinajstić information content (AvgIpc) is 3.26. The Morgan fingerprint density at radius 3 is 2.62 bits per heavy atom. The number of aromatic nitrogens is 3.